The van der Waals surface area contributed by atoms with Gasteiger partial charge in [-0.25, -0.2) is 17.8 Å². The molecule has 19 heteroatoms. The van der Waals surface area contributed by atoms with Gasteiger partial charge in [0.2, 0.25) is 0 Å². The zero-order valence-corrected chi connectivity index (χ0v) is 23.2. The van der Waals surface area contributed by atoms with E-state index in [2.05, 4.69) is 20.7 Å². The van der Waals surface area contributed by atoms with E-state index in [-0.39, 0.29) is 38.0 Å². The van der Waals surface area contributed by atoms with Crippen LogP contribution in [0, 0.1) is 0 Å². The molecule has 1 amide bonds. The molecule has 2 aromatic heterocycles. The molecule has 0 fully saturated rings. The van der Waals surface area contributed by atoms with Gasteiger partial charge in [0.15, 0.2) is 21.3 Å². The topological polar surface area (TPSA) is 112 Å². The number of benzene rings is 2. The van der Waals surface area contributed by atoms with Gasteiger partial charge < -0.3 is 5.32 Å². The van der Waals surface area contributed by atoms with Crippen LogP contribution < -0.4 is 5.32 Å². The first kappa shape index (κ1) is 31.9. The number of aryl methyl sites for hydroxylation is 1. The second kappa shape index (κ2) is 10.9. The number of sulfone groups is 1. The Kier molecular flexibility index (Phi) is 8.07. The van der Waals surface area contributed by atoms with E-state index >= 15 is 0 Å². The predicted molar refractivity (Wildman–Crippen MR) is 134 cm³/mol. The molecule has 0 aliphatic carbocycles. The van der Waals surface area contributed by atoms with Crippen molar-refractivity contribution in [3.8, 4) is 17.1 Å². The van der Waals surface area contributed by atoms with Gasteiger partial charge in [0, 0.05) is 25.4 Å². The molecule has 0 aliphatic heterocycles. The predicted octanol–water partition coefficient (Wildman–Crippen LogP) is 5.33. The van der Waals surface area contributed by atoms with Crippen LogP contribution in [0.1, 0.15) is 27.2 Å². The second-order valence-corrected chi connectivity index (χ2v) is 11.5. The number of hydrogen-bond donors (Lipinski definition) is 1. The third kappa shape index (κ3) is 6.34. The highest BCUT2D eigenvalue weighted by molar-refractivity contribution is 7.90. The molecule has 4 rings (SSSR count). The molecule has 43 heavy (non-hydrogen) atoms. The first-order valence-corrected chi connectivity index (χ1v) is 13.9. The van der Waals surface area contributed by atoms with E-state index < -0.39 is 51.1 Å². The Morgan fingerprint density at radius 1 is 1.00 bits per heavy atom. The first-order valence-electron chi connectivity index (χ1n) is 11.6. The average molecular weight is 657 g/mol. The minimum absolute atomic E-state index is 0.0360. The first-order chi connectivity index (χ1) is 19.7. The molecule has 0 aliphatic rings. The number of carbonyl (C=O) groups is 1. The van der Waals surface area contributed by atoms with Gasteiger partial charge in [-0.15, -0.1) is 5.10 Å². The van der Waals surface area contributed by atoms with Crippen molar-refractivity contribution in [3.05, 3.63) is 76.1 Å². The van der Waals surface area contributed by atoms with Crippen LogP contribution in [0.5, 0.6) is 0 Å². The highest BCUT2D eigenvalue weighted by Crippen LogP contribution is 2.49. The molecule has 0 radical (unpaired) electrons. The molecule has 0 unspecified atom stereocenters. The fourth-order valence-electron chi connectivity index (χ4n) is 3.88. The maximum atomic E-state index is 14.0. The average Bonchev–Trinajstić information content (AvgIpc) is 3.51. The minimum Gasteiger partial charge on any atom is -0.348 e. The molecular formula is C24H17ClF8N6O3S. The number of amides is 1. The highest BCUT2D eigenvalue weighted by Gasteiger charge is 2.64. The summed E-state index contributed by atoms with van der Waals surface area (Å²) in [6, 6.07) is 9.46. The van der Waals surface area contributed by atoms with Gasteiger partial charge in [-0.2, -0.15) is 40.2 Å². The SMILES string of the molecule is Cn1nc(C(F)(F)C(F)(F)F)c(C(F)(F)F)c1-n1cc(-c2ccc(Cl)c(C(=O)NCc3ccc(S(C)(=O)=O)cc3)c2)nn1. The number of hydrogen-bond acceptors (Lipinski definition) is 6. The molecular weight excluding hydrogens is 640 g/mol. The molecule has 0 atom stereocenters. The molecule has 1 N–H and O–H groups in total. The fourth-order valence-corrected chi connectivity index (χ4v) is 4.72. The van der Waals surface area contributed by atoms with Crippen LogP contribution in [0.3, 0.4) is 0 Å². The summed E-state index contributed by atoms with van der Waals surface area (Å²) < 4.78 is 132. The van der Waals surface area contributed by atoms with Crippen molar-refractivity contribution in [2.45, 2.75) is 29.7 Å². The van der Waals surface area contributed by atoms with Crippen molar-refractivity contribution < 1.29 is 48.3 Å². The standard InChI is InChI=1S/C24H17ClF8N6O3S/c1-38-21(18(23(28,29)30)19(36-38)22(26,27)24(31,32)33)39-11-17(35-37-39)13-5-8-16(25)15(9-13)20(40)34-10-12-3-6-14(7-4-12)43(2,41)42/h3-9,11H,10H2,1-2H3,(H,34,40). The molecule has 230 valence electrons. The van der Waals surface area contributed by atoms with Crippen LogP contribution in [0.25, 0.3) is 17.1 Å². The van der Waals surface area contributed by atoms with Crippen molar-refractivity contribution in [1.82, 2.24) is 30.1 Å². The van der Waals surface area contributed by atoms with Crippen molar-refractivity contribution in [1.29, 1.82) is 0 Å². The molecule has 0 saturated heterocycles. The zero-order chi connectivity index (χ0) is 32.1. The smallest absolute Gasteiger partial charge is 0.348 e. The zero-order valence-electron chi connectivity index (χ0n) is 21.6. The highest BCUT2D eigenvalue weighted by atomic mass is 35.5. The summed E-state index contributed by atoms with van der Waals surface area (Å²) in [5.74, 6) is -7.90. The van der Waals surface area contributed by atoms with Crippen molar-refractivity contribution in [2.75, 3.05) is 6.26 Å². The molecule has 4 aromatic rings. The van der Waals surface area contributed by atoms with Gasteiger partial charge >= 0.3 is 18.3 Å². The summed E-state index contributed by atoms with van der Waals surface area (Å²) >= 11 is 6.14. The third-order valence-corrected chi connectivity index (χ3v) is 7.43. The Bertz CT molecular complexity index is 1800. The summed E-state index contributed by atoms with van der Waals surface area (Å²) in [5.41, 5.74) is -4.60. The van der Waals surface area contributed by atoms with E-state index in [0.29, 0.717) is 10.2 Å². The fraction of sp³-hybridized carbons (Fsp3) is 0.250. The van der Waals surface area contributed by atoms with E-state index in [1.807, 2.05) is 0 Å². The van der Waals surface area contributed by atoms with Gasteiger partial charge in [0.05, 0.1) is 21.7 Å². The lowest BCUT2D eigenvalue weighted by Crippen LogP contribution is -2.36. The Labute approximate surface area is 242 Å². The van der Waals surface area contributed by atoms with Gasteiger partial charge in [0.1, 0.15) is 11.3 Å². The van der Waals surface area contributed by atoms with E-state index in [1.54, 1.807) is 0 Å². The Balaban J connectivity index is 1.65. The second-order valence-electron chi connectivity index (χ2n) is 9.08. The summed E-state index contributed by atoms with van der Waals surface area (Å²) in [4.78, 5) is 12.9. The van der Waals surface area contributed by atoms with E-state index in [9.17, 15) is 48.3 Å². The van der Waals surface area contributed by atoms with Crippen molar-refractivity contribution in [2.24, 2.45) is 7.05 Å². The lowest BCUT2D eigenvalue weighted by atomic mass is 10.1. The molecule has 0 bridgehead atoms. The molecule has 0 saturated carbocycles. The normalized spacial score (nSPS) is 12.9. The number of nitrogens with zero attached hydrogens (tertiary/aromatic N) is 5. The lowest BCUT2D eigenvalue weighted by Gasteiger charge is -2.19. The minimum atomic E-state index is -6.37. The lowest BCUT2D eigenvalue weighted by molar-refractivity contribution is -0.292. The monoisotopic (exact) mass is 656 g/mol. The van der Waals surface area contributed by atoms with Gasteiger partial charge in [0.25, 0.3) is 5.91 Å². The van der Waals surface area contributed by atoms with Crippen LogP contribution in [0.2, 0.25) is 5.02 Å². The number of rotatable bonds is 7. The number of halogens is 9. The van der Waals surface area contributed by atoms with Crippen LogP contribution >= 0.6 is 11.6 Å². The molecule has 0 spiro atoms. The van der Waals surface area contributed by atoms with Crippen LogP contribution in [0.4, 0.5) is 35.1 Å². The number of aromatic nitrogens is 5. The summed E-state index contributed by atoms with van der Waals surface area (Å²) in [5, 5.41) is 12.5. The van der Waals surface area contributed by atoms with Crippen LogP contribution in [-0.4, -0.2) is 51.5 Å². The maximum Gasteiger partial charge on any atom is 0.459 e. The van der Waals surface area contributed by atoms with E-state index in [0.717, 1.165) is 19.5 Å². The molecule has 2 aromatic carbocycles. The number of nitrogens with one attached hydrogen (secondary N) is 1. The van der Waals surface area contributed by atoms with Crippen molar-refractivity contribution >= 4 is 27.3 Å². The summed E-state index contributed by atoms with van der Waals surface area (Å²) in [7, 11) is -2.70. The number of alkyl halides is 8. The van der Waals surface area contributed by atoms with E-state index in [1.165, 1.54) is 42.5 Å². The molecule has 2 heterocycles. The Morgan fingerprint density at radius 3 is 2.19 bits per heavy atom. The Morgan fingerprint density at radius 2 is 1.63 bits per heavy atom. The van der Waals surface area contributed by atoms with Gasteiger partial charge in [-0.3, -0.25) is 4.79 Å². The van der Waals surface area contributed by atoms with Gasteiger partial charge in [-0.1, -0.05) is 35.0 Å². The third-order valence-electron chi connectivity index (χ3n) is 5.98. The quantitative estimate of drug-likeness (QED) is 0.269. The van der Waals surface area contributed by atoms with Crippen LogP contribution in [0.15, 0.2) is 53.6 Å². The largest absolute Gasteiger partial charge is 0.459 e. The maximum absolute atomic E-state index is 14.0. The summed E-state index contributed by atoms with van der Waals surface area (Å²) in [6.07, 6.45) is -10.2. The van der Waals surface area contributed by atoms with Crippen LogP contribution in [-0.2, 0) is 35.5 Å². The molecule has 9 nitrogen and oxygen atoms in total. The number of carbonyl (C=O) groups excluding carboxylic acids is 1. The van der Waals surface area contributed by atoms with E-state index in [4.69, 9.17) is 11.6 Å². The Hall–Kier alpha value is -4.06. The summed E-state index contributed by atoms with van der Waals surface area (Å²) in [6.45, 7) is -0.0365. The van der Waals surface area contributed by atoms with Crippen molar-refractivity contribution in [3.63, 3.8) is 0 Å². The van der Waals surface area contributed by atoms with Gasteiger partial charge in [-0.05, 0) is 29.8 Å².